The first-order valence-corrected chi connectivity index (χ1v) is 5.19. The molecule has 2 rings (SSSR count). The van der Waals surface area contributed by atoms with E-state index in [0.29, 0.717) is 17.3 Å². The van der Waals surface area contributed by atoms with Crippen LogP contribution < -0.4 is 9.47 Å². The number of benzene rings is 1. The molecule has 14 heavy (non-hydrogen) atoms. The molecular formula is C10H10O3S. The fraction of sp³-hybridized carbons (Fsp3) is 0.300. The maximum absolute atomic E-state index is 11.3. The largest absolute Gasteiger partial charge is 0.496 e. The van der Waals surface area contributed by atoms with Crippen LogP contribution in [-0.4, -0.2) is 18.8 Å². The van der Waals surface area contributed by atoms with E-state index in [1.54, 1.807) is 24.9 Å². The summed E-state index contributed by atoms with van der Waals surface area (Å²) >= 11 is 1.59. The van der Waals surface area contributed by atoms with Gasteiger partial charge in [-0.25, -0.2) is 0 Å². The van der Waals surface area contributed by atoms with Crippen molar-refractivity contribution >= 4 is 17.5 Å². The highest BCUT2D eigenvalue weighted by Gasteiger charge is 2.18. The van der Waals surface area contributed by atoms with Gasteiger partial charge in [0.15, 0.2) is 5.78 Å². The normalized spacial score (nSPS) is 13.3. The molecule has 74 valence electrons. The number of fused-ring (bicyclic) bond motifs is 1. The number of thioether (sulfide) groups is 1. The van der Waals surface area contributed by atoms with E-state index in [2.05, 4.69) is 0 Å². The predicted molar refractivity (Wildman–Crippen MR) is 54.4 cm³/mol. The highest BCUT2D eigenvalue weighted by Crippen LogP contribution is 2.40. The third-order valence-electron chi connectivity index (χ3n) is 2.07. The molecule has 0 aliphatic carbocycles. The number of carbonyl (C=O) groups excluding carboxylic acids is 1. The Labute approximate surface area is 86.4 Å². The summed E-state index contributed by atoms with van der Waals surface area (Å²) in [7, 11) is 1.55. The molecule has 1 aromatic rings. The van der Waals surface area contributed by atoms with Gasteiger partial charge in [0.05, 0.1) is 17.6 Å². The van der Waals surface area contributed by atoms with Crippen LogP contribution in [0.25, 0.3) is 0 Å². The Kier molecular flexibility index (Phi) is 2.37. The Morgan fingerprint density at radius 3 is 3.00 bits per heavy atom. The molecule has 0 saturated heterocycles. The zero-order chi connectivity index (χ0) is 10.1. The first kappa shape index (κ1) is 9.40. The summed E-state index contributed by atoms with van der Waals surface area (Å²) in [5.41, 5.74) is 0.615. The minimum Gasteiger partial charge on any atom is -0.496 e. The van der Waals surface area contributed by atoms with Crippen molar-refractivity contribution < 1.29 is 14.3 Å². The second-order valence-corrected chi connectivity index (χ2v) is 3.93. The average Bonchev–Trinajstić information content (AvgIpc) is 2.62. The van der Waals surface area contributed by atoms with Gasteiger partial charge in [0, 0.05) is 6.07 Å². The molecule has 0 radical (unpaired) electrons. The van der Waals surface area contributed by atoms with Crippen LogP contribution in [0.2, 0.25) is 0 Å². The first-order valence-electron chi connectivity index (χ1n) is 4.21. The Hall–Kier alpha value is -1.16. The zero-order valence-corrected chi connectivity index (χ0v) is 8.81. The van der Waals surface area contributed by atoms with Crippen molar-refractivity contribution in [3.05, 3.63) is 17.7 Å². The second kappa shape index (κ2) is 3.53. The van der Waals surface area contributed by atoms with Crippen LogP contribution in [-0.2, 0) is 0 Å². The van der Waals surface area contributed by atoms with Crippen molar-refractivity contribution in [2.24, 2.45) is 0 Å². The Morgan fingerprint density at radius 2 is 2.36 bits per heavy atom. The summed E-state index contributed by atoms with van der Waals surface area (Å²) in [6, 6.07) is 3.60. The van der Waals surface area contributed by atoms with Crippen molar-refractivity contribution in [1.82, 2.24) is 0 Å². The van der Waals surface area contributed by atoms with E-state index in [4.69, 9.17) is 9.47 Å². The van der Waals surface area contributed by atoms with E-state index in [-0.39, 0.29) is 5.78 Å². The number of Topliss-reactive ketones (excluding diaryl/α,β-unsaturated/α-hetero) is 1. The Balaban J connectivity index is 2.54. The minimum atomic E-state index is 0.0113. The average molecular weight is 210 g/mol. The molecule has 0 aromatic heterocycles. The van der Waals surface area contributed by atoms with Crippen molar-refractivity contribution in [2.45, 2.75) is 11.8 Å². The molecule has 0 amide bonds. The lowest BCUT2D eigenvalue weighted by atomic mass is 10.1. The van der Waals surface area contributed by atoms with Gasteiger partial charge in [-0.2, -0.15) is 0 Å². The highest BCUT2D eigenvalue weighted by molar-refractivity contribution is 7.99. The van der Waals surface area contributed by atoms with Gasteiger partial charge < -0.3 is 9.47 Å². The van der Waals surface area contributed by atoms with E-state index >= 15 is 0 Å². The van der Waals surface area contributed by atoms with E-state index < -0.39 is 0 Å². The molecule has 1 aliphatic rings. The lowest BCUT2D eigenvalue weighted by Crippen LogP contribution is -1.97. The number of ketones is 1. The molecule has 0 atom stereocenters. The number of carbonyl (C=O) groups is 1. The van der Waals surface area contributed by atoms with Gasteiger partial charge in [-0.3, -0.25) is 4.79 Å². The molecule has 0 unspecified atom stereocenters. The number of hydrogen-bond donors (Lipinski definition) is 0. The number of hydrogen-bond acceptors (Lipinski definition) is 4. The van der Waals surface area contributed by atoms with Gasteiger partial charge in [0.1, 0.15) is 17.4 Å². The highest BCUT2D eigenvalue weighted by atomic mass is 32.2. The maximum Gasteiger partial charge on any atom is 0.163 e. The molecule has 1 heterocycles. The van der Waals surface area contributed by atoms with Gasteiger partial charge in [-0.05, 0) is 13.0 Å². The molecule has 0 saturated carbocycles. The molecule has 3 nitrogen and oxygen atoms in total. The van der Waals surface area contributed by atoms with Gasteiger partial charge in [-0.15, -0.1) is 0 Å². The fourth-order valence-electron chi connectivity index (χ4n) is 1.37. The van der Waals surface area contributed by atoms with Crippen molar-refractivity contribution in [2.75, 3.05) is 13.0 Å². The van der Waals surface area contributed by atoms with Crippen LogP contribution in [0.3, 0.4) is 0 Å². The summed E-state index contributed by atoms with van der Waals surface area (Å²) < 4.78 is 10.5. The lowest BCUT2D eigenvalue weighted by Gasteiger charge is -2.07. The van der Waals surface area contributed by atoms with Crippen molar-refractivity contribution in [3.8, 4) is 11.5 Å². The fourth-order valence-corrected chi connectivity index (χ4v) is 2.14. The van der Waals surface area contributed by atoms with E-state index in [1.165, 1.54) is 6.92 Å². The second-order valence-electron chi connectivity index (χ2n) is 2.96. The van der Waals surface area contributed by atoms with Crippen LogP contribution in [0.4, 0.5) is 0 Å². The minimum absolute atomic E-state index is 0.0113. The molecule has 4 heteroatoms. The number of methoxy groups -OCH3 is 1. The summed E-state index contributed by atoms with van der Waals surface area (Å²) in [4.78, 5) is 12.3. The monoisotopic (exact) mass is 210 g/mol. The van der Waals surface area contributed by atoms with Crippen molar-refractivity contribution in [3.63, 3.8) is 0 Å². The van der Waals surface area contributed by atoms with Crippen LogP contribution in [0.1, 0.15) is 17.3 Å². The zero-order valence-electron chi connectivity index (χ0n) is 7.99. The third kappa shape index (κ3) is 1.46. The topological polar surface area (TPSA) is 35.5 Å². The van der Waals surface area contributed by atoms with E-state index in [1.807, 2.05) is 6.07 Å². The standard InChI is InChI=1S/C10H10O3S/c1-6(11)7-3-10-9(13-5-14-10)4-8(7)12-2/h3-4H,5H2,1-2H3. The SMILES string of the molecule is COc1cc2c(cc1C(C)=O)SCO2. The van der Waals surface area contributed by atoms with Crippen LogP contribution in [0.15, 0.2) is 17.0 Å². The molecule has 0 fully saturated rings. The first-order chi connectivity index (χ1) is 6.72. The molecule has 1 aromatic carbocycles. The van der Waals surface area contributed by atoms with Crippen molar-refractivity contribution in [1.29, 1.82) is 0 Å². The number of rotatable bonds is 2. The summed E-state index contributed by atoms with van der Waals surface area (Å²) in [6.07, 6.45) is 0. The quantitative estimate of drug-likeness (QED) is 0.702. The van der Waals surface area contributed by atoms with Gasteiger partial charge in [0.25, 0.3) is 0 Å². The Bertz CT molecular complexity index is 387. The molecule has 0 N–H and O–H groups in total. The Morgan fingerprint density at radius 1 is 1.57 bits per heavy atom. The van der Waals surface area contributed by atoms with Gasteiger partial charge in [-0.1, -0.05) is 11.8 Å². The summed E-state index contributed by atoms with van der Waals surface area (Å²) in [5, 5.41) is 0. The van der Waals surface area contributed by atoms with Gasteiger partial charge >= 0.3 is 0 Å². The van der Waals surface area contributed by atoms with Crippen LogP contribution in [0.5, 0.6) is 11.5 Å². The molecule has 0 spiro atoms. The van der Waals surface area contributed by atoms with Gasteiger partial charge in [0.2, 0.25) is 0 Å². The van der Waals surface area contributed by atoms with Crippen LogP contribution >= 0.6 is 11.8 Å². The number of ether oxygens (including phenoxy) is 2. The van der Waals surface area contributed by atoms with E-state index in [9.17, 15) is 4.79 Å². The third-order valence-corrected chi connectivity index (χ3v) is 2.94. The smallest absolute Gasteiger partial charge is 0.163 e. The van der Waals surface area contributed by atoms with Crippen LogP contribution in [0, 0.1) is 0 Å². The molecule has 1 aliphatic heterocycles. The van der Waals surface area contributed by atoms with E-state index in [0.717, 1.165) is 10.6 Å². The molecule has 0 bridgehead atoms. The lowest BCUT2D eigenvalue weighted by molar-refractivity contribution is 0.101. The summed E-state index contributed by atoms with van der Waals surface area (Å²) in [6.45, 7) is 1.53. The molecular weight excluding hydrogens is 200 g/mol. The maximum atomic E-state index is 11.3. The predicted octanol–water partition coefficient (Wildman–Crippen LogP) is 2.34. The summed E-state index contributed by atoms with van der Waals surface area (Å²) in [5.74, 6) is 2.01.